The molecule has 3 rings (SSSR count). The zero-order chi connectivity index (χ0) is 11.7. The van der Waals surface area contributed by atoms with E-state index in [4.69, 9.17) is 0 Å². The standard InChI is InChI=1S/C14H13N3/c1-17-8-7-15-14(17)13-9-12(10-16-13)11-5-3-2-4-6-11/h2-10,16H,1H3. The van der Waals surface area contributed by atoms with E-state index in [1.807, 2.05) is 42.2 Å². The van der Waals surface area contributed by atoms with Crippen molar-refractivity contribution in [3.63, 3.8) is 0 Å². The fraction of sp³-hybridized carbons (Fsp3) is 0.0714. The fourth-order valence-electron chi connectivity index (χ4n) is 1.95. The lowest BCUT2D eigenvalue weighted by molar-refractivity contribution is 0.919. The lowest BCUT2D eigenvalue weighted by Gasteiger charge is -1.97. The number of aromatic amines is 1. The minimum Gasteiger partial charge on any atom is -0.358 e. The first-order valence-corrected chi connectivity index (χ1v) is 5.56. The molecule has 2 aromatic heterocycles. The van der Waals surface area contributed by atoms with Crippen LogP contribution in [-0.4, -0.2) is 14.5 Å². The van der Waals surface area contributed by atoms with E-state index in [1.54, 1.807) is 6.20 Å². The molecule has 0 saturated carbocycles. The first-order valence-electron chi connectivity index (χ1n) is 5.56. The summed E-state index contributed by atoms with van der Waals surface area (Å²) in [6, 6.07) is 12.4. The Hall–Kier alpha value is -2.29. The van der Waals surface area contributed by atoms with Gasteiger partial charge < -0.3 is 9.55 Å². The molecular formula is C14H13N3. The van der Waals surface area contributed by atoms with Crippen LogP contribution in [0.25, 0.3) is 22.6 Å². The van der Waals surface area contributed by atoms with Crippen molar-refractivity contribution in [2.45, 2.75) is 0 Å². The van der Waals surface area contributed by atoms with Gasteiger partial charge in [-0.05, 0) is 17.2 Å². The molecule has 17 heavy (non-hydrogen) atoms. The lowest BCUT2D eigenvalue weighted by Crippen LogP contribution is -1.90. The van der Waals surface area contributed by atoms with Gasteiger partial charge >= 0.3 is 0 Å². The van der Waals surface area contributed by atoms with E-state index < -0.39 is 0 Å². The van der Waals surface area contributed by atoms with Crippen molar-refractivity contribution >= 4 is 0 Å². The maximum absolute atomic E-state index is 4.32. The largest absolute Gasteiger partial charge is 0.358 e. The maximum Gasteiger partial charge on any atom is 0.156 e. The van der Waals surface area contributed by atoms with Crippen LogP contribution in [0.3, 0.4) is 0 Å². The summed E-state index contributed by atoms with van der Waals surface area (Å²) in [7, 11) is 1.99. The van der Waals surface area contributed by atoms with Crippen LogP contribution in [0.1, 0.15) is 0 Å². The Kier molecular flexibility index (Phi) is 2.29. The zero-order valence-corrected chi connectivity index (χ0v) is 9.59. The Balaban J connectivity index is 2.02. The van der Waals surface area contributed by atoms with Gasteiger partial charge in [-0.2, -0.15) is 0 Å². The second kappa shape index (κ2) is 3.94. The Morgan fingerprint density at radius 1 is 1.12 bits per heavy atom. The van der Waals surface area contributed by atoms with Crippen LogP contribution in [0.15, 0.2) is 55.0 Å². The van der Waals surface area contributed by atoms with E-state index in [0.717, 1.165) is 11.5 Å². The Labute approximate surface area is 99.8 Å². The molecule has 0 bridgehead atoms. The second-order valence-electron chi connectivity index (χ2n) is 4.03. The van der Waals surface area contributed by atoms with Gasteiger partial charge in [0.2, 0.25) is 0 Å². The molecule has 0 atom stereocenters. The molecule has 2 heterocycles. The summed E-state index contributed by atoms with van der Waals surface area (Å²) in [6.07, 6.45) is 5.76. The molecule has 0 aliphatic heterocycles. The number of nitrogens with one attached hydrogen (secondary N) is 1. The molecule has 0 saturated heterocycles. The molecule has 1 aromatic carbocycles. The number of hydrogen-bond acceptors (Lipinski definition) is 1. The first kappa shape index (κ1) is 9.90. The molecule has 1 N–H and O–H groups in total. The number of H-pyrrole nitrogens is 1. The van der Waals surface area contributed by atoms with E-state index in [-0.39, 0.29) is 0 Å². The molecular weight excluding hydrogens is 210 g/mol. The number of rotatable bonds is 2. The topological polar surface area (TPSA) is 33.6 Å². The zero-order valence-electron chi connectivity index (χ0n) is 9.59. The van der Waals surface area contributed by atoms with Crippen molar-refractivity contribution in [3.05, 3.63) is 55.0 Å². The molecule has 0 radical (unpaired) electrons. The SMILES string of the molecule is Cn1ccnc1-c1cc(-c2ccccc2)c[nH]1. The van der Waals surface area contributed by atoms with Crippen molar-refractivity contribution in [3.8, 4) is 22.6 Å². The van der Waals surface area contributed by atoms with Gasteiger partial charge in [0.1, 0.15) is 0 Å². The molecule has 0 amide bonds. The number of aryl methyl sites for hydroxylation is 1. The van der Waals surface area contributed by atoms with Crippen LogP contribution in [0.5, 0.6) is 0 Å². The average Bonchev–Trinajstić information content (AvgIpc) is 2.98. The summed E-state index contributed by atoms with van der Waals surface area (Å²) in [5.41, 5.74) is 3.43. The summed E-state index contributed by atoms with van der Waals surface area (Å²) in [5, 5.41) is 0. The third-order valence-corrected chi connectivity index (χ3v) is 2.85. The smallest absolute Gasteiger partial charge is 0.156 e. The van der Waals surface area contributed by atoms with Crippen LogP contribution >= 0.6 is 0 Å². The van der Waals surface area contributed by atoms with E-state index in [2.05, 4.69) is 28.2 Å². The third-order valence-electron chi connectivity index (χ3n) is 2.85. The van der Waals surface area contributed by atoms with Gasteiger partial charge in [0.15, 0.2) is 5.82 Å². The summed E-state index contributed by atoms with van der Waals surface area (Å²) in [6.45, 7) is 0. The van der Waals surface area contributed by atoms with E-state index >= 15 is 0 Å². The highest BCUT2D eigenvalue weighted by Crippen LogP contribution is 2.24. The number of benzene rings is 1. The van der Waals surface area contributed by atoms with E-state index in [0.29, 0.717) is 0 Å². The van der Waals surface area contributed by atoms with Crippen LogP contribution in [0.4, 0.5) is 0 Å². The van der Waals surface area contributed by atoms with Crippen molar-refractivity contribution in [2.24, 2.45) is 7.05 Å². The average molecular weight is 223 g/mol. The normalized spacial score (nSPS) is 10.6. The highest BCUT2D eigenvalue weighted by atomic mass is 15.0. The molecule has 3 heteroatoms. The maximum atomic E-state index is 4.32. The second-order valence-corrected chi connectivity index (χ2v) is 4.03. The molecule has 84 valence electrons. The third kappa shape index (κ3) is 1.76. The van der Waals surface area contributed by atoms with Crippen LogP contribution < -0.4 is 0 Å². The quantitative estimate of drug-likeness (QED) is 0.711. The van der Waals surface area contributed by atoms with Gasteiger partial charge in [-0.3, -0.25) is 0 Å². The summed E-state index contributed by atoms with van der Waals surface area (Å²) in [4.78, 5) is 7.59. The molecule has 0 fully saturated rings. The van der Waals surface area contributed by atoms with Gasteiger partial charge in [-0.15, -0.1) is 0 Å². The van der Waals surface area contributed by atoms with Crippen molar-refractivity contribution in [2.75, 3.05) is 0 Å². The van der Waals surface area contributed by atoms with Crippen molar-refractivity contribution in [1.29, 1.82) is 0 Å². The number of hydrogen-bond donors (Lipinski definition) is 1. The van der Waals surface area contributed by atoms with E-state index in [1.165, 1.54) is 11.1 Å². The predicted molar refractivity (Wildman–Crippen MR) is 68.4 cm³/mol. The molecule has 0 aliphatic rings. The lowest BCUT2D eigenvalue weighted by atomic mass is 10.1. The molecule has 0 aliphatic carbocycles. The minimum absolute atomic E-state index is 0.951. The van der Waals surface area contributed by atoms with Crippen molar-refractivity contribution in [1.82, 2.24) is 14.5 Å². The summed E-state index contributed by atoms with van der Waals surface area (Å²) in [5.74, 6) is 0.951. The van der Waals surface area contributed by atoms with E-state index in [9.17, 15) is 0 Å². The Bertz CT molecular complexity index is 620. The van der Waals surface area contributed by atoms with Gasteiger partial charge in [0.25, 0.3) is 0 Å². The predicted octanol–water partition coefficient (Wildman–Crippen LogP) is 3.08. The molecule has 0 unspecified atom stereocenters. The Morgan fingerprint density at radius 2 is 1.94 bits per heavy atom. The monoisotopic (exact) mass is 223 g/mol. The first-order chi connectivity index (χ1) is 8.34. The Morgan fingerprint density at radius 3 is 2.65 bits per heavy atom. The molecule has 0 spiro atoms. The number of nitrogens with zero attached hydrogens (tertiary/aromatic N) is 2. The van der Waals surface area contributed by atoms with Gasteiger partial charge in [0, 0.05) is 25.6 Å². The summed E-state index contributed by atoms with van der Waals surface area (Å²) < 4.78 is 2.00. The van der Waals surface area contributed by atoms with Crippen LogP contribution in [0.2, 0.25) is 0 Å². The number of imidazole rings is 1. The van der Waals surface area contributed by atoms with Crippen LogP contribution in [-0.2, 0) is 7.05 Å². The minimum atomic E-state index is 0.951. The highest BCUT2D eigenvalue weighted by Gasteiger charge is 2.06. The van der Waals surface area contributed by atoms with Gasteiger partial charge in [-0.25, -0.2) is 4.98 Å². The molecule has 3 nitrogen and oxygen atoms in total. The molecule has 3 aromatic rings. The fourth-order valence-corrected chi connectivity index (χ4v) is 1.95. The van der Waals surface area contributed by atoms with Gasteiger partial charge in [-0.1, -0.05) is 30.3 Å². The van der Waals surface area contributed by atoms with Crippen molar-refractivity contribution < 1.29 is 0 Å². The summed E-state index contributed by atoms with van der Waals surface area (Å²) >= 11 is 0. The number of aromatic nitrogens is 3. The highest BCUT2D eigenvalue weighted by molar-refractivity contribution is 5.68. The van der Waals surface area contributed by atoms with Gasteiger partial charge in [0.05, 0.1) is 5.69 Å². The van der Waals surface area contributed by atoms with Crippen LogP contribution in [0, 0.1) is 0 Å².